The Bertz CT molecular complexity index is 592. The zero-order valence-electron chi connectivity index (χ0n) is 12.8. The molecule has 0 bridgehead atoms. The number of rotatable bonds is 3. The molecule has 1 fully saturated rings. The first-order valence-electron chi connectivity index (χ1n) is 7.83. The summed E-state index contributed by atoms with van der Waals surface area (Å²) in [5, 5.41) is 3.44. The largest absolute Gasteiger partial charge is 0.326 e. The number of hydrogen-bond acceptors (Lipinski definition) is 2. The predicted molar refractivity (Wildman–Crippen MR) is 84.2 cm³/mol. The average molecular weight is 271 g/mol. The highest BCUT2D eigenvalue weighted by molar-refractivity contribution is 5.77. The van der Waals surface area contributed by atoms with Gasteiger partial charge >= 0.3 is 0 Å². The first-order valence-corrected chi connectivity index (χ1v) is 7.83. The molecule has 3 nitrogen and oxygen atoms in total. The number of aromatic nitrogens is 2. The molecule has 1 saturated heterocycles. The van der Waals surface area contributed by atoms with E-state index in [2.05, 4.69) is 48.9 Å². The lowest BCUT2D eigenvalue weighted by molar-refractivity contribution is 0.373. The molecule has 0 saturated carbocycles. The van der Waals surface area contributed by atoms with Gasteiger partial charge in [-0.1, -0.05) is 6.07 Å². The Kier molecular flexibility index (Phi) is 3.79. The Labute approximate surface area is 121 Å². The molecule has 3 rings (SSSR count). The smallest absolute Gasteiger partial charge is 0.106 e. The highest BCUT2D eigenvalue weighted by Gasteiger charge is 2.15. The molecular formula is C17H25N3. The second-order valence-electron chi connectivity index (χ2n) is 6.34. The van der Waals surface area contributed by atoms with Crippen molar-refractivity contribution in [3.05, 3.63) is 29.6 Å². The summed E-state index contributed by atoms with van der Waals surface area (Å²) in [7, 11) is 0. The van der Waals surface area contributed by atoms with Gasteiger partial charge in [0.25, 0.3) is 0 Å². The van der Waals surface area contributed by atoms with Crippen molar-refractivity contribution < 1.29 is 0 Å². The van der Waals surface area contributed by atoms with Crippen LogP contribution in [-0.4, -0.2) is 22.6 Å². The van der Waals surface area contributed by atoms with Crippen molar-refractivity contribution in [1.82, 2.24) is 14.9 Å². The van der Waals surface area contributed by atoms with Gasteiger partial charge in [-0.15, -0.1) is 0 Å². The lowest BCUT2D eigenvalue weighted by Crippen LogP contribution is -2.28. The third-order valence-electron chi connectivity index (χ3n) is 4.43. The van der Waals surface area contributed by atoms with E-state index in [4.69, 9.17) is 4.98 Å². The molecule has 3 heteroatoms. The maximum absolute atomic E-state index is 4.74. The van der Waals surface area contributed by atoms with Crippen LogP contribution < -0.4 is 5.32 Å². The van der Waals surface area contributed by atoms with E-state index in [1.54, 1.807) is 0 Å². The molecule has 20 heavy (non-hydrogen) atoms. The van der Waals surface area contributed by atoms with Crippen LogP contribution in [0.5, 0.6) is 0 Å². The molecule has 0 spiro atoms. The van der Waals surface area contributed by atoms with Gasteiger partial charge < -0.3 is 9.88 Å². The van der Waals surface area contributed by atoms with Crippen molar-refractivity contribution in [3.8, 4) is 0 Å². The molecule has 0 radical (unpaired) electrons. The van der Waals surface area contributed by atoms with Crippen molar-refractivity contribution in [2.24, 2.45) is 5.92 Å². The van der Waals surface area contributed by atoms with Crippen molar-refractivity contribution in [2.45, 2.75) is 46.1 Å². The fraction of sp³-hybridized carbons (Fsp3) is 0.588. The summed E-state index contributed by atoms with van der Waals surface area (Å²) in [6.07, 6.45) is 3.81. The van der Waals surface area contributed by atoms with Crippen LogP contribution in [0.25, 0.3) is 11.0 Å². The molecule has 108 valence electrons. The van der Waals surface area contributed by atoms with Gasteiger partial charge in [0, 0.05) is 6.04 Å². The van der Waals surface area contributed by atoms with Crippen LogP contribution in [0.4, 0.5) is 0 Å². The van der Waals surface area contributed by atoms with Crippen LogP contribution in [-0.2, 0) is 6.42 Å². The summed E-state index contributed by atoms with van der Waals surface area (Å²) >= 11 is 0. The highest BCUT2D eigenvalue weighted by Crippen LogP contribution is 2.24. The van der Waals surface area contributed by atoms with Gasteiger partial charge in [-0.05, 0) is 76.7 Å². The Hall–Kier alpha value is -1.35. The Morgan fingerprint density at radius 2 is 2.05 bits per heavy atom. The lowest BCUT2D eigenvalue weighted by Gasteiger charge is -2.22. The minimum Gasteiger partial charge on any atom is -0.326 e. The summed E-state index contributed by atoms with van der Waals surface area (Å²) in [6, 6.07) is 7.31. The highest BCUT2D eigenvalue weighted by atomic mass is 15.1. The van der Waals surface area contributed by atoms with Crippen LogP contribution >= 0.6 is 0 Å². The Morgan fingerprint density at radius 3 is 2.75 bits per heavy atom. The number of hydrogen-bond donors (Lipinski definition) is 1. The zero-order valence-corrected chi connectivity index (χ0v) is 12.8. The van der Waals surface area contributed by atoms with E-state index < -0.39 is 0 Å². The van der Waals surface area contributed by atoms with Crippen LogP contribution in [0.1, 0.15) is 44.1 Å². The van der Waals surface area contributed by atoms with Crippen LogP contribution in [0.2, 0.25) is 0 Å². The molecule has 1 aromatic carbocycles. The van der Waals surface area contributed by atoms with Crippen molar-refractivity contribution in [3.63, 3.8) is 0 Å². The molecule has 1 N–H and O–H groups in total. The van der Waals surface area contributed by atoms with Gasteiger partial charge in [-0.3, -0.25) is 0 Å². The summed E-state index contributed by atoms with van der Waals surface area (Å²) in [6.45, 7) is 8.89. The second-order valence-corrected chi connectivity index (χ2v) is 6.34. The fourth-order valence-corrected chi connectivity index (χ4v) is 3.46. The third kappa shape index (κ3) is 2.59. The number of nitrogens with zero attached hydrogens (tertiary/aromatic N) is 2. The molecule has 1 aliphatic rings. The molecule has 1 aliphatic heterocycles. The molecule has 0 aliphatic carbocycles. The van der Waals surface area contributed by atoms with Gasteiger partial charge in [0.05, 0.1) is 11.0 Å². The second kappa shape index (κ2) is 5.57. The summed E-state index contributed by atoms with van der Waals surface area (Å²) in [5.41, 5.74) is 3.87. The minimum absolute atomic E-state index is 0.468. The molecule has 0 atom stereocenters. The minimum atomic E-state index is 0.468. The Balaban J connectivity index is 1.87. The summed E-state index contributed by atoms with van der Waals surface area (Å²) in [4.78, 5) is 4.74. The number of benzene rings is 1. The zero-order chi connectivity index (χ0) is 14.1. The van der Waals surface area contributed by atoms with Crippen LogP contribution in [0.3, 0.4) is 0 Å². The molecule has 0 amide bonds. The number of fused-ring (bicyclic) bond motifs is 1. The van der Waals surface area contributed by atoms with Gasteiger partial charge in [0.1, 0.15) is 5.82 Å². The maximum atomic E-state index is 4.74. The SMILES string of the molecule is Cc1nc2cc(CC3CCNCC3)ccc2n1C(C)C. The average Bonchev–Trinajstić information content (AvgIpc) is 2.75. The van der Waals surface area contributed by atoms with E-state index in [9.17, 15) is 0 Å². The number of imidazole rings is 1. The van der Waals surface area contributed by atoms with Crippen LogP contribution in [0, 0.1) is 12.8 Å². The summed E-state index contributed by atoms with van der Waals surface area (Å²) in [5.74, 6) is 1.95. The van der Waals surface area contributed by atoms with Crippen molar-refractivity contribution in [2.75, 3.05) is 13.1 Å². The predicted octanol–water partition coefficient (Wildman–Crippen LogP) is 3.47. The maximum Gasteiger partial charge on any atom is 0.106 e. The normalized spacial score (nSPS) is 17.2. The monoisotopic (exact) mass is 271 g/mol. The lowest BCUT2D eigenvalue weighted by atomic mass is 9.91. The first kappa shape index (κ1) is 13.6. The van der Waals surface area contributed by atoms with E-state index in [0.29, 0.717) is 6.04 Å². The van der Waals surface area contributed by atoms with Crippen molar-refractivity contribution >= 4 is 11.0 Å². The number of nitrogens with one attached hydrogen (secondary N) is 1. The van der Waals surface area contributed by atoms with Gasteiger partial charge in [0.2, 0.25) is 0 Å². The topological polar surface area (TPSA) is 29.9 Å². The fourth-order valence-electron chi connectivity index (χ4n) is 3.46. The van der Waals surface area contributed by atoms with E-state index in [-0.39, 0.29) is 0 Å². The molecule has 1 aromatic heterocycles. The first-order chi connectivity index (χ1) is 9.65. The van der Waals surface area contributed by atoms with Crippen LogP contribution in [0.15, 0.2) is 18.2 Å². The van der Waals surface area contributed by atoms with Gasteiger partial charge in [-0.2, -0.15) is 0 Å². The molecule has 2 aromatic rings. The summed E-state index contributed by atoms with van der Waals surface area (Å²) < 4.78 is 2.32. The van der Waals surface area contributed by atoms with Gasteiger partial charge in [-0.25, -0.2) is 4.98 Å². The van der Waals surface area contributed by atoms with E-state index in [1.807, 2.05) is 0 Å². The number of piperidine rings is 1. The molecule has 2 heterocycles. The Morgan fingerprint density at radius 1 is 1.30 bits per heavy atom. The standard InChI is InChI=1S/C17H25N3/c1-12(2)20-13(3)19-16-11-15(4-5-17(16)20)10-14-6-8-18-9-7-14/h4-5,11-12,14,18H,6-10H2,1-3H3. The van der Waals surface area contributed by atoms with E-state index >= 15 is 0 Å². The van der Waals surface area contributed by atoms with Crippen molar-refractivity contribution in [1.29, 1.82) is 0 Å². The number of aryl methyl sites for hydroxylation is 1. The van der Waals surface area contributed by atoms with Gasteiger partial charge in [0.15, 0.2) is 0 Å². The third-order valence-corrected chi connectivity index (χ3v) is 4.43. The quantitative estimate of drug-likeness (QED) is 0.926. The van der Waals surface area contributed by atoms with E-state index in [0.717, 1.165) is 17.3 Å². The molecular weight excluding hydrogens is 246 g/mol. The molecule has 0 unspecified atom stereocenters. The van der Waals surface area contributed by atoms with E-state index in [1.165, 1.54) is 43.4 Å².